The van der Waals surface area contributed by atoms with E-state index in [1.165, 1.54) is 0 Å². The van der Waals surface area contributed by atoms with Crippen molar-refractivity contribution in [3.8, 4) is 11.5 Å². The summed E-state index contributed by atoms with van der Waals surface area (Å²) in [5.74, 6) is -0.0240. The molecule has 1 amide bonds. The molecule has 0 aromatic heterocycles. The number of hydrogen-bond acceptors (Lipinski definition) is 4. The number of carboxylic acid groups (broad SMARTS) is 1. The molecule has 1 unspecified atom stereocenters. The minimum atomic E-state index is -0.868. The number of benzene rings is 1. The largest absolute Gasteiger partial charge is 0.490 e. The quantitative estimate of drug-likeness (QED) is 0.863. The zero-order chi connectivity index (χ0) is 15.2. The van der Waals surface area contributed by atoms with E-state index in [0.29, 0.717) is 36.8 Å². The van der Waals surface area contributed by atoms with Crippen molar-refractivity contribution in [3.05, 3.63) is 23.8 Å². The number of ether oxygens (including phenoxy) is 2. The fraction of sp³-hybridized carbons (Fsp3) is 0.467. The predicted octanol–water partition coefficient (Wildman–Crippen LogP) is 1.69. The first kappa shape index (κ1) is 15.2. The van der Waals surface area contributed by atoms with Gasteiger partial charge in [-0.1, -0.05) is 6.92 Å². The maximum Gasteiger partial charge on any atom is 0.303 e. The standard InChI is InChI=1S/C15H19NO5/c1-10(7-14(17)18)9-16-15(19)11-3-4-12-13(8-11)21-6-2-5-20-12/h3-4,8,10H,2,5-7,9H2,1H3,(H,16,19)(H,17,18). The first-order valence-electron chi connectivity index (χ1n) is 6.96. The highest BCUT2D eigenvalue weighted by molar-refractivity contribution is 5.94. The molecule has 1 atom stereocenters. The van der Waals surface area contributed by atoms with Gasteiger partial charge in [-0.25, -0.2) is 0 Å². The first-order valence-corrected chi connectivity index (χ1v) is 6.96. The van der Waals surface area contributed by atoms with Crippen molar-refractivity contribution in [3.63, 3.8) is 0 Å². The average molecular weight is 293 g/mol. The normalized spacial score (nSPS) is 14.9. The SMILES string of the molecule is CC(CNC(=O)c1ccc2c(c1)OCCCO2)CC(=O)O. The molecule has 1 aromatic rings. The van der Waals surface area contributed by atoms with Gasteiger partial charge >= 0.3 is 5.97 Å². The molecule has 1 aliphatic heterocycles. The van der Waals surface area contributed by atoms with Crippen molar-refractivity contribution in [1.29, 1.82) is 0 Å². The van der Waals surface area contributed by atoms with Crippen molar-refractivity contribution in [2.24, 2.45) is 5.92 Å². The average Bonchev–Trinajstić information content (AvgIpc) is 2.68. The Morgan fingerprint density at radius 2 is 2.00 bits per heavy atom. The van der Waals surface area contributed by atoms with Crippen LogP contribution in [0.3, 0.4) is 0 Å². The zero-order valence-electron chi connectivity index (χ0n) is 11.9. The van der Waals surface area contributed by atoms with Gasteiger partial charge in [0.2, 0.25) is 0 Å². The minimum Gasteiger partial charge on any atom is -0.490 e. The maximum absolute atomic E-state index is 12.1. The van der Waals surface area contributed by atoms with E-state index in [-0.39, 0.29) is 18.2 Å². The molecular weight excluding hydrogens is 274 g/mol. The summed E-state index contributed by atoms with van der Waals surface area (Å²) in [4.78, 5) is 22.6. The van der Waals surface area contributed by atoms with Crippen LogP contribution in [0, 0.1) is 5.92 Å². The first-order chi connectivity index (χ1) is 10.1. The summed E-state index contributed by atoms with van der Waals surface area (Å²) in [5.41, 5.74) is 0.474. The van der Waals surface area contributed by atoms with Gasteiger partial charge in [-0.15, -0.1) is 0 Å². The van der Waals surface area contributed by atoms with Gasteiger partial charge in [0.15, 0.2) is 11.5 Å². The fourth-order valence-electron chi connectivity index (χ4n) is 2.04. The molecule has 114 valence electrons. The van der Waals surface area contributed by atoms with Gasteiger partial charge in [0.25, 0.3) is 5.91 Å². The molecule has 1 heterocycles. The van der Waals surface area contributed by atoms with E-state index in [2.05, 4.69) is 5.32 Å². The summed E-state index contributed by atoms with van der Waals surface area (Å²) in [7, 11) is 0. The van der Waals surface area contributed by atoms with Crippen LogP contribution in [0.4, 0.5) is 0 Å². The molecule has 0 saturated carbocycles. The van der Waals surface area contributed by atoms with Crippen molar-refractivity contribution in [2.45, 2.75) is 19.8 Å². The van der Waals surface area contributed by atoms with Crippen molar-refractivity contribution in [2.75, 3.05) is 19.8 Å². The Labute approximate surface area is 123 Å². The molecule has 6 heteroatoms. The summed E-state index contributed by atoms with van der Waals surface area (Å²) < 4.78 is 11.0. The van der Waals surface area contributed by atoms with E-state index >= 15 is 0 Å². The van der Waals surface area contributed by atoms with Crippen molar-refractivity contribution in [1.82, 2.24) is 5.32 Å². The van der Waals surface area contributed by atoms with Gasteiger partial charge < -0.3 is 19.9 Å². The van der Waals surface area contributed by atoms with E-state index < -0.39 is 5.97 Å². The lowest BCUT2D eigenvalue weighted by Crippen LogP contribution is -2.29. The predicted molar refractivity (Wildman–Crippen MR) is 75.8 cm³/mol. The second-order valence-electron chi connectivity index (χ2n) is 5.13. The second-order valence-corrected chi connectivity index (χ2v) is 5.13. The Morgan fingerprint density at radius 3 is 2.71 bits per heavy atom. The summed E-state index contributed by atoms with van der Waals surface area (Å²) in [6, 6.07) is 5.04. The van der Waals surface area contributed by atoms with Crippen LogP contribution < -0.4 is 14.8 Å². The number of fused-ring (bicyclic) bond motifs is 1. The van der Waals surface area contributed by atoms with Crippen LogP contribution in [0.2, 0.25) is 0 Å². The molecule has 0 bridgehead atoms. The smallest absolute Gasteiger partial charge is 0.303 e. The third-order valence-electron chi connectivity index (χ3n) is 3.14. The number of carboxylic acids is 1. The van der Waals surface area contributed by atoms with Crippen LogP contribution in [0.5, 0.6) is 11.5 Å². The molecule has 0 aliphatic carbocycles. The molecular formula is C15H19NO5. The van der Waals surface area contributed by atoms with E-state index in [1.54, 1.807) is 25.1 Å². The topological polar surface area (TPSA) is 84.9 Å². The van der Waals surface area contributed by atoms with Crippen LogP contribution in [0.15, 0.2) is 18.2 Å². The Bertz CT molecular complexity index is 529. The molecule has 1 aromatic carbocycles. The number of hydrogen-bond donors (Lipinski definition) is 2. The third-order valence-corrected chi connectivity index (χ3v) is 3.14. The monoisotopic (exact) mass is 293 g/mol. The minimum absolute atomic E-state index is 0.0292. The van der Waals surface area contributed by atoms with Crippen molar-refractivity contribution >= 4 is 11.9 Å². The van der Waals surface area contributed by atoms with E-state index in [4.69, 9.17) is 14.6 Å². The molecule has 0 radical (unpaired) electrons. The highest BCUT2D eigenvalue weighted by Gasteiger charge is 2.15. The lowest BCUT2D eigenvalue weighted by atomic mass is 10.1. The summed E-state index contributed by atoms with van der Waals surface area (Å²) in [6.07, 6.45) is 0.838. The van der Waals surface area contributed by atoms with Gasteiger partial charge in [-0.3, -0.25) is 9.59 Å². The van der Waals surface area contributed by atoms with Gasteiger partial charge in [0, 0.05) is 24.9 Å². The van der Waals surface area contributed by atoms with Crippen LogP contribution in [0.25, 0.3) is 0 Å². The van der Waals surface area contributed by atoms with Gasteiger partial charge in [0.05, 0.1) is 13.2 Å². The van der Waals surface area contributed by atoms with E-state index in [0.717, 1.165) is 6.42 Å². The van der Waals surface area contributed by atoms with Gasteiger partial charge in [-0.2, -0.15) is 0 Å². The maximum atomic E-state index is 12.1. The number of rotatable bonds is 5. The molecule has 1 aliphatic rings. The summed E-state index contributed by atoms with van der Waals surface area (Å²) in [5, 5.41) is 11.4. The van der Waals surface area contributed by atoms with E-state index in [1.807, 2.05) is 0 Å². The second kappa shape index (κ2) is 6.97. The number of amides is 1. The summed E-state index contributed by atoms with van der Waals surface area (Å²) in [6.45, 7) is 3.26. The van der Waals surface area contributed by atoms with Crippen LogP contribution in [0.1, 0.15) is 30.1 Å². The highest BCUT2D eigenvalue weighted by Crippen LogP contribution is 2.30. The molecule has 2 rings (SSSR count). The fourth-order valence-corrected chi connectivity index (χ4v) is 2.04. The van der Waals surface area contributed by atoms with Crippen LogP contribution in [-0.2, 0) is 4.79 Å². The molecule has 0 fully saturated rings. The van der Waals surface area contributed by atoms with Crippen LogP contribution in [-0.4, -0.2) is 36.7 Å². The third kappa shape index (κ3) is 4.37. The Morgan fingerprint density at radius 1 is 1.29 bits per heavy atom. The number of nitrogens with one attached hydrogen (secondary N) is 1. The molecule has 2 N–H and O–H groups in total. The Kier molecular flexibility index (Phi) is 5.03. The van der Waals surface area contributed by atoms with Crippen LogP contribution >= 0.6 is 0 Å². The highest BCUT2D eigenvalue weighted by atomic mass is 16.5. The molecule has 0 spiro atoms. The number of carbonyl (C=O) groups is 2. The Hall–Kier alpha value is -2.24. The van der Waals surface area contributed by atoms with Gasteiger partial charge in [-0.05, 0) is 24.1 Å². The van der Waals surface area contributed by atoms with Gasteiger partial charge in [0.1, 0.15) is 0 Å². The molecule has 0 saturated heterocycles. The molecule has 6 nitrogen and oxygen atoms in total. The lowest BCUT2D eigenvalue weighted by molar-refractivity contribution is -0.137. The van der Waals surface area contributed by atoms with Crippen molar-refractivity contribution < 1.29 is 24.2 Å². The summed E-state index contributed by atoms with van der Waals surface area (Å²) >= 11 is 0. The lowest BCUT2D eigenvalue weighted by Gasteiger charge is -2.12. The number of aliphatic carboxylic acids is 1. The molecule has 21 heavy (non-hydrogen) atoms. The Balaban J connectivity index is 1.96. The van der Waals surface area contributed by atoms with E-state index in [9.17, 15) is 9.59 Å². The number of carbonyl (C=O) groups excluding carboxylic acids is 1. The zero-order valence-corrected chi connectivity index (χ0v) is 11.9.